The van der Waals surface area contributed by atoms with Crippen LogP contribution in [-0.4, -0.2) is 43.3 Å². The average molecular weight is 194 g/mol. The van der Waals surface area contributed by atoms with Crippen LogP contribution in [0, 0.1) is 0 Å². The van der Waals surface area contributed by atoms with Gasteiger partial charge in [-0.3, -0.25) is 0 Å². The lowest BCUT2D eigenvalue weighted by atomic mass is 10.1. The molecule has 0 aliphatic carbocycles. The monoisotopic (exact) mass is 194 g/mol. The van der Waals surface area contributed by atoms with E-state index < -0.39 is 19.1 Å². The van der Waals surface area contributed by atoms with Gasteiger partial charge in [-0.1, -0.05) is 0 Å². The molecule has 3 nitrogen and oxygen atoms in total. The van der Waals surface area contributed by atoms with Crippen LogP contribution in [0.2, 0.25) is 0 Å². The van der Waals surface area contributed by atoms with Crippen molar-refractivity contribution in [1.82, 2.24) is 10.6 Å². The van der Waals surface area contributed by atoms with Crippen molar-refractivity contribution in [3.63, 3.8) is 0 Å². The molecule has 0 aromatic rings. The topological polar surface area (TPSA) is 44.3 Å². The summed E-state index contributed by atoms with van der Waals surface area (Å²) in [5.74, 6) is -2.98. The van der Waals surface area contributed by atoms with Crippen LogP contribution in [0.15, 0.2) is 0 Å². The summed E-state index contributed by atoms with van der Waals surface area (Å²) in [5.41, 5.74) is 0. The molecule has 1 aliphatic rings. The van der Waals surface area contributed by atoms with Crippen LogP contribution in [0.3, 0.4) is 0 Å². The molecular weight excluding hydrogens is 178 g/mol. The summed E-state index contributed by atoms with van der Waals surface area (Å²) in [6, 6.07) is 0.165. The lowest BCUT2D eigenvalue weighted by Crippen LogP contribution is -2.45. The highest BCUT2D eigenvalue weighted by molar-refractivity contribution is 4.77. The van der Waals surface area contributed by atoms with Gasteiger partial charge in [-0.2, -0.15) is 0 Å². The molecule has 0 bridgehead atoms. The molecule has 0 radical (unpaired) electrons. The first kappa shape index (κ1) is 10.8. The second-order valence-electron chi connectivity index (χ2n) is 3.42. The Hall–Kier alpha value is -0.260. The van der Waals surface area contributed by atoms with Gasteiger partial charge >= 0.3 is 0 Å². The number of alkyl halides is 2. The number of aliphatic hydroxyl groups excluding tert-OH is 1. The highest BCUT2D eigenvalue weighted by Gasteiger charge is 2.28. The second-order valence-corrected chi connectivity index (χ2v) is 3.42. The summed E-state index contributed by atoms with van der Waals surface area (Å²) >= 11 is 0. The fourth-order valence-electron chi connectivity index (χ4n) is 1.38. The molecular formula is C8H16F2N2O. The van der Waals surface area contributed by atoms with E-state index in [4.69, 9.17) is 5.11 Å². The van der Waals surface area contributed by atoms with Gasteiger partial charge in [0.05, 0.1) is 6.54 Å². The van der Waals surface area contributed by atoms with E-state index in [1.807, 2.05) is 0 Å². The third-order valence-electron chi connectivity index (χ3n) is 2.22. The zero-order chi connectivity index (χ0) is 9.73. The maximum atomic E-state index is 12.6. The Bertz CT molecular complexity index is 149. The molecule has 5 heteroatoms. The van der Waals surface area contributed by atoms with E-state index in [-0.39, 0.29) is 6.04 Å². The van der Waals surface area contributed by atoms with Gasteiger partial charge in [0.15, 0.2) is 0 Å². The number of halogens is 2. The van der Waals surface area contributed by atoms with Crippen LogP contribution in [0.4, 0.5) is 8.78 Å². The molecule has 1 heterocycles. The number of hydrogen-bond acceptors (Lipinski definition) is 3. The summed E-state index contributed by atoms with van der Waals surface area (Å²) in [6.45, 7) is 0.254. The van der Waals surface area contributed by atoms with Crippen LogP contribution in [0.25, 0.3) is 0 Å². The van der Waals surface area contributed by atoms with Crippen LogP contribution in [0.1, 0.15) is 12.8 Å². The van der Waals surface area contributed by atoms with Gasteiger partial charge in [-0.15, -0.1) is 0 Å². The minimum atomic E-state index is -2.98. The van der Waals surface area contributed by atoms with Gasteiger partial charge in [0.1, 0.15) is 6.61 Å². The zero-order valence-corrected chi connectivity index (χ0v) is 7.52. The standard InChI is InChI=1S/C8H16F2N2O/c9-8(10,6-13)5-12-7-1-3-11-4-2-7/h7,11-13H,1-6H2. The van der Waals surface area contributed by atoms with E-state index in [2.05, 4.69) is 10.6 Å². The number of aliphatic hydroxyl groups is 1. The molecule has 0 aromatic carbocycles. The van der Waals surface area contributed by atoms with E-state index in [1.54, 1.807) is 0 Å². The summed E-state index contributed by atoms with van der Waals surface area (Å²) in [4.78, 5) is 0. The summed E-state index contributed by atoms with van der Waals surface area (Å²) in [6.07, 6.45) is 1.75. The highest BCUT2D eigenvalue weighted by Crippen LogP contribution is 2.11. The first-order chi connectivity index (χ1) is 6.14. The predicted octanol–water partition coefficient (Wildman–Crippen LogP) is -0.0444. The summed E-state index contributed by atoms with van der Waals surface area (Å²) in [5, 5.41) is 14.2. The zero-order valence-electron chi connectivity index (χ0n) is 7.52. The van der Waals surface area contributed by atoms with Crippen molar-refractivity contribution < 1.29 is 13.9 Å². The Kier molecular flexibility index (Phi) is 4.02. The lowest BCUT2D eigenvalue weighted by molar-refractivity contribution is -0.0498. The second kappa shape index (κ2) is 4.83. The highest BCUT2D eigenvalue weighted by atomic mass is 19.3. The number of hydrogen-bond donors (Lipinski definition) is 3. The molecule has 78 valence electrons. The maximum absolute atomic E-state index is 12.6. The molecule has 3 N–H and O–H groups in total. The minimum absolute atomic E-state index is 0.165. The van der Waals surface area contributed by atoms with E-state index in [1.165, 1.54) is 0 Å². The number of piperidine rings is 1. The number of rotatable bonds is 4. The quantitative estimate of drug-likeness (QED) is 0.588. The Balaban J connectivity index is 2.17. The third-order valence-corrected chi connectivity index (χ3v) is 2.22. The maximum Gasteiger partial charge on any atom is 0.282 e. The van der Waals surface area contributed by atoms with Crippen LogP contribution >= 0.6 is 0 Å². The van der Waals surface area contributed by atoms with Crippen molar-refractivity contribution in [3.05, 3.63) is 0 Å². The Morgan fingerprint density at radius 2 is 2.00 bits per heavy atom. The smallest absolute Gasteiger partial charge is 0.282 e. The Morgan fingerprint density at radius 1 is 1.38 bits per heavy atom. The summed E-state index contributed by atoms with van der Waals surface area (Å²) in [7, 11) is 0. The summed E-state index contributed by atoms with van der Waals surface area (Å²) < 4.78 is 25.2. The molecule has 0 saturated carbocycles. The molecule has 0 spiro atoms. The third kappa shape index (κ3) is 3.97. The predicted molar refractivity (Wildman–Crippen MR) is 45.9 cm³/mol. The number of nitrogens with one attached hydrogen (secondary N) is 2. The van der Waals surface area contributed by atoms with Crippen LogP contribution in [-0.2, 0) is 0 Å². The van der Waals surface area contributed by atoms with Gasteiger partial charge < -0.3 is 15.7 Å². The Labute approximate surface area is 76.5 Å². The minimum Gasteiger partial charge on any atom is -0.390 e. The first-order valence-electron chi connectivity index (χ1n) is 4.57. The lowest BCUT2D eigenvalue weighted by Gasteiger charge is -2.25. The molecule has 1 saturated heterocycles. The van der Waals surface area contributed by atoms with Gasteiger partial charge in [0.25, 0.3) is 5.92 Å². The molecule has 0 unspecified atom stereocenters. The van der Waals surface area contributed by atoms with Crippen LogP contribution < -0.4 is 10.6 Å². The van der Waals surface area contributed by atoms with Gasteiger partial charge in [-0.05, 0) is 25.9 Å². The molecule has 1 fully saturated rings. The van der Waals surface area contributed by atoms with Crippen molar-refractivity contribution in [2.75, 3.05) is 26.2 Å². The van der Waals surface area contributed by atoms with Crippen molar-refractivity contribution in [1.29, 1.82) is 0 Å². The van der Waals surface area contributed by atoms with Crippen molar-refractivity contribution in [3.8, 4) is 0 Å². The van der Waals surface area contributed by atoms with Crippen molar-refractivity contribution in [2.24, 2.45) is 0 Å². The van der Waals surface area contributed by atoms with Gasteiger partial charge in [0, 0.05) is 6.04 Å². The van der Waals surface area contributed by atoms with E-state index in [9.17, 15) is 8.78 Å². The van der Waals surface area contributed by atoms with Crippen molar-refractivity contribution >= 4 is 0 Å². The fourth-order valence-corrected chi connectivity index (χ4v) is 1.38. The van der Waals surface area contributed by atoms with Gasteiger partial charge in [-0.25, -0.2) is 8.78 Å². The first-order valence-corrected chi connectivity index (χ1v) is 4.57. The molecule has 0 amide bonds. The van der Waals surface area contributed by atoms with Crippen LogP contribution in [0.5, 0.6) is 0 Å². The Morgan fingerprint density at radius 3 is 2.54 bits per heavy atom. The van der Waals surface area contributed by atoms with E-state index >= 15 is 0 Å². The normalized spacial score (nSPS) is 20.5. The molecule has 0 atom stereocenters. The average Bonchev–Trinajstić information content (AvgIpc) is 2.17. The molecule has 1 aliphatic heterocycles. The largest absolute Gasteiger partial charge is 0.390 e. The molecule has 13 heavy (non-hydrogen) atoms. The van der Waals surface area contributed by atoms with E-state index in [0.717, 1.165) is 25.9 Å². The fraction of sp³-hybridized carbons (Fsp3) is 1.00. The molecule has 1 rings (SSSR count). The van der Waals surface area contributed by atoms with E-state index in [0.29, 0.717) is 0 Å². The molecule has 0 aromatic heterocycles. The van der Waals surface area contributed by atoms with Crippen molar-refractivity contribution in [2.45, 2.75) is 24.8 Å². The van der Waals surface area contributed by atoms with Gasteiger partial charge in [0.2, 0.25) is 0 Å². The SMILES string of the molecule is OCC(F)(F)CNC1CCNCC1.